The van der Waals surface area contributed by atoms with Crippen molar-refractivity contribution < 1.29 is 17.2 Å². The second-order valence-corrected chi connectivity index (χ2v) is 5.09. The van der Waals surface area contributed by atoms with Crippen molar-refractivity contribution in [2.24, 2.45) is 0 Å². The summed E-state index contributed by atoms with van der Waals surface area (Å²) in [5, 5.41) is 2.70. The molecular formula is C9H14Cl2F2N2O2S. The Morgan fingerprint density at radius 1 is 1.33 bits per heavy atom. The fourth-order valence-corrected chi connectivity index (χ4v) is 2.25. The monoisotopic (exact) mass is 322 g/mol. The molecule has 0 spiro atoms. The van der Waals surface area contributed by atoms with E-state index in [2.05, 4.69) is 5.32 Å². The van der Waals surface area contributed by atoms with Crippen molar-refractivity contribution in [2.75, 3.05) is 12.8 Å². The average Bonchev–Trinajstić information content (AvgIpc) is 2.17. The van der Waals surface area contributed by atoms with Crippen LogP contribution in [0.5, 0.6) is 0 Å². The Bertz CT molecular complexity index is 483. The van der Waals surface area contributed by atoms with Gasteiger partial charge < -0.3 is 11.1 Å². The Balaban J connectivity index is 0. The van der Waals surface area contributed by atoms with E-state index in [4.69, 9.17) is 5.73 Å². The molecule has 106 valence electrons. The molecule has 0 fully saturated rings. The Morgan fingerprint density at radius 2 is 1.89 bits per heavy atom. The lowest BCUT2D eigenvalue weighted by Crippen LogP contribution is -2.16. The number of rotatable bonds is 4. The van der Waals surface area contributed by atoms with Gasteiger partial charge in [0, 0.05) is 12.2 Å². The van der Waals surface area contributed by atoms with Crippen LogP contribution in [-0.4, -0.2) is 21.2 Å². The number of hydrogen-bond acceptors (Lipinski definition) is 4. The molecule has 0 unspecified atom stereocenters. The number of halogens is 4. The number of nitrogens with two attached hydrogens (primary N) is 1. The van der Waals surface area contributed by atoms with Crippen molar-refractivity contribution >= 4 is 40.3 Å². The van der Waals surface area contributed by atoms with E-state index in [0.717, 1.165) is 6.07 Å². The van der Waals surface area contributed by atoms with E-state index in [0.29, 0.717) is 5.69 Å². The summed E-state index contributed by atoms with van der Waals surface area (Å²) in [6.45, 7) is 0.159. The molecule has 0 aliphatic rings. The first kappa shape index (κ1) is 19.7. The normalized spacial score (nSPS) is 10.7. The number of nitrogens with one attached hydrogen (secondary N) is 1. The highest BCUT2D eigenvalue weighted by molar-refractivity contribution is 7.91. The van der Waals surface area contributed by atoms with Crippen LogP contribution in [0.1, 0.15) is 5.56 Å². The number of benzene rings is 1. The zero-order chi connectivity index (χ0) is 12.3. The van der Waals surface area contributed by atoms with E-state index in [1.807, 2.05) is 0 Å². The highest BCUT2D eigenvalue weighted by atomic mass is 35.5. The number of nitrogen functional groups attached to an aromatic ring is 1. The quantitative estimate of drug-likeness (QED) is 0.829. The van der Waals surface area contributed by atoms with Gasteiger partial charge in [0.15, 0.2) is 0 Å². The Kier molecular flexibility index (Phi) is 8.46. The lowest BCUT2D eigenvalue weighted by atomic mass is 10.2. The van der Waals surface area contributed by atoms with Crippen LogP contribution in [-0.2, 0) is 16.4 Å². The summed E-state index contributed by atoms with van der Waals surface area (Å²) in [5.41, 5.74) is 6.04. The van der Waals surface area contributed by atoms with Crippen LogP contribution in [0, 0.1) is 0 Å². The van der Waals surface area contributed by atoms with Gasteiger partial charge in [-0.3, -0.25) is 0 Å². The largest absolute Gasteiger partial charge is 0.399 e. The van der Waals surface area contributed by atoms with Crippen LogP contribution >= 0.6 is 24.8 Å². The van der Waals surface area contributed by atoms with E-state index < -0.39 is 15.6 Å². The molecule has 1 rings (SSSR count). The van der Waals surface area contributed by atoms with Gasteiger partial charge in [0.1, 0.15) is 0 Å². The zero-order valence-corrected chi connectivity index (χ0v) is 11.8. The van der Waals surface area contributed by atoms with Gasteiger partial charge in [-0.25, -0.2) is 8.42 Å². The third-order valence-corrected chi connectivity index (χ3v) is 3.47. The minimum atomic E-state index is -4.58. The summed E-state index contributed by atoms with van der Waals surface area (Å²) < 4.78 is 47.4. The third kappa shape index (κ3) is 4.24. The maximum Gasteiger partial charge on any atom is 0.341 e. The summed E-state index contributed by atoms with van der Waals surface area (Å²) in [4.78, 5) is -0.383. The van der Waals surface area contributed by atoms with Crippen LogP contribution in [0.4, 0.5) is 14.5 Å². The summed E-state index contributed by atoms with van der Waals surface area (Å²) in [5.74, 6) is -3.42. The van der Waals surface area contributed by atoms with Gasteiger partial charge in [-0.05, 0) is 30.8 Å². The molecule has 0 aliphatic heterocycles. The topological polar surface area (TPSA) is 72.2 Å². The van der Waals surface area contributed by atoms with Crippen molar-refractivity contribution in [1.82, 2.24) is 5.32 Å². The molecule has 1 aromatic carbocycles. The van der Waals surface area contributed by atoms with E-state index in [1.165, 1.54) is 12.1 Å². The second kappa shape index (κ2) is 7.73. The maximum absolute atomic E-state index is 12.4. The number of alkyl halides is 2. The molecule has 0 heterocycles. The van der Waals surface area contributed by atoms with E-state index in [9.17, 15) is 17.2 Å². The van der Waals surface area contributed by atoms with Crippen LogP contribution in [0.3, 0.4) is 0 Å². The molecule has 0 radical (unpaired) electrons. The Morgan fingerprint density at radius 3 is 2.33 bits per heavy atom. The van der Waals surface area contributed by atoms with E-state index >= 15 is 0 Å². The third-order valence-electron chi connectivity index (χ3n) is 1.99. The van der Waals surface area contributed by atoms with Crippen LogP contribution in [0.15, 0.2) is 23.1 Å². The van der Waals surface area contributed by atoms with Gasteiger partial charge in [0.05, 0.1) is 4.90 Å². The van der Waals surface area contributed by atoms with Crippen LogP contribution < -0.4 is 11.1 Å². The first-order chi connectivity index (χ1) is 7.39. The molecule has 0 amide bonds. The zero-order valence-electron chi connectivity index (χ0n) is 9.39. The van der Waals surface area contributed by atoms with Gasteiger partial charge in [-0.2, -0.15) is 8.78 Å². The Labute approximate surface area is 117 Å². The molecule has 9 heteroatoms. The summed E-state index contributed by atoms with van der Waals surface area (Å²) in [7, 11) is -2.99. The average molecular weight is 323 g/mol. The molecule has 0 atom stereocenters. The van der Waals surface area contributed by atoms with Crippen molar-refractivity contribution in [2.45, 2.75) is 17.2 Å². The predicted molar refractivity (Wildman–Crippen MR) is 71.3 cm³/mol. The van der Waals surface area contributed by atoms with Crippen molar-refractivity contribution in [1.29, 1.82) is 0 Å². The minimum Gasteiger partial charge on any atom is -0.399 e. The predicted octanol–water partition coefficient (Wildman–Crippen LogP) is 1.83. The van der Waals surface area contributed by atoms with Gasteiger partial charge in [0.2, 0.25) is 9.84 Å². The second-order valence-electron chi connectivity index (χ2n) is 3.20. The number of sulfone groups is 1. The first-order valence-corrected chi connectivity index (χ1v) is 5.99. The summed E-state index contributed by atoms with van der Waals surface area (Å²) in [6, 6.07) is 3.75. The molecule has 3 N–H and O–H groups in total. The molecule has 18 heavy (non-hydrogen) atoms. The first-order valence-electron chi connectivity index (χ1n) is 4.44. The highest BCUT2D eigenvalue weighted by Gasteiger charge is 2.28. The van der Waals surface area contributed by atoms with Gasteiger partial charge >= 0.3 is 5.76 Å². The molecule has 0 saturated carbocycles. The standard InChI is InChI=1S/C9H12F2N2O2S.2ClH/c1-13-5-6-4-7(12)2-3-8(6)16(14,15)9(10)11;;/h2-4,9,13H,5,12H2,1H3;2*1H. The molecule has 4 nitrogen and oxygen atoms in total. The lowest BCUT2D eigenvalue weighted by Gasteiger charge is -2.10. The molecule has 0 bridgehead atoms. The van der Waals surface area contributed by atoms with Gasteiger partial charge in [-0.15, -0.1) is 24.8 Å². The molecular weight excluding hydrogens is 309 g/mol. The Hall–Kier alpha value is -0.630. The van der Waals surface area contributed by atoms with Gasteiger partial charge in [-0.1, -0.05) is 0 Å². The number of anilines is 1. The summed E-state index contributed by atoms with van der Waals surface area (Å²) in [6.07, 6.45) is 0. The fourth-order valence-electron chi connectivity index (χ4n) is 1.30. The van der Waals surface area contributed by atoms with Crippen LogP contribution in [0.25, 0.3) is 0 Å². The number of hydrogen-bond donors (Lipinski definition) is 2. The fraction of sp³-hybridized carbons (Fsp3) is 0.333. The minimum absolute atomic E-state index is 0. The SMILES string of the molecule is CNCc1cc(N)ccc1S(=O)(=O)C(F)F.Cl.Cl. The summed E-state index contributed by atoms with van der Waals surface area (Å²) >= 11 is 0. The molecule has 0 aromatic heterocycles. The van der Waals surface area contributed by atoms with Crippen molar-refractivity contribution in [3.05, 3.63) is 23.8 Å². The smallest absolute Gasteiger partial charge is 0.341 e. The highest BCUT2D eigenvalue weighted by Crippen LogP contribution is 2.24. The van der Waals surface area contributed by atoms with E-state index in [-0.39, 0.29) is 41.8 Å². The van der Waals surface area contributed by atoms with Crippen molar-refractivity contribution in [3.8, 4) is 0 Å². The molecule has 0 saturated heterocycles. The van der Waals surface area contributed by atoms with Crippen LogP contribution in [0.2, 0.25) is 0 Å². The van der Waals surface area contributed by atoms with Crippen molar-refractivity contribution in [3.63, 3.8) is 0 Å². The maximum atomic E-state index is 12.4. The molecule has 0 aliphatic carbocycles. The lowest BCUT2D eigenvalue weighted by molar-refractivity contribution is 0.234. The van der Waals surface area contributed by atoms with E-state index in [1.54, 1.807) is 7.05 Å². The van der Waals surface area contributed by atoms with Gasteiger partial charge in [0.25, 0.3) is 0 Å². The molecule has 1 aromatic rings.